The van der Waals surface area contributed by atoms with Gasteiger partial charge in [-0.05, 0) is 0 Å². The molecule has 0 fully saturated rings. The van der Waals surface area contributed by atoms with E-state index in [0.717, 1.165) is 0 Å². The molecule has 0 aromatic carbocycles. The average molecular weight is 177 g/mol. The van der Waals surface area contributed by atoms with Crippen LogP contribution in [-0.4, -0.2) is 9.70 Å². The SMILES string of the molecule is O=C(S)CC(F)(Cl)Cl. The lowest BCUT2D eigenvalue weighted by atomic mass is 10.5. The van der Waals surface area contributed by atoms with E-state index in [1.807, 2.05) is 0 Å². The molecule has 8 heavy (non-hydrogen) atoms. The minimum Gasteiger partial charge on any atom is -0.287 e. The molecule has 0 N–H and O–H groups in total. The highest BCUT2D eigenvalue weighted by Crippen LogP contribution is 2.27. The molecule has 0 aliphatic carbocycles. The van der Waals surface area contributed by atoms with Crippen LogP contribution in [0.3, 0.4) is 0 Å². The minimum absolute atomic E-state index is 0.584. The van der Waals surface area contributed by atoms with E-state index in [1.165, 1.54) is 0 Å². The smallest absolute Gasteiger partial charge is 0.265 e. The molecule has 0 aromatic rings. The van der Waals surface area contributed by atoms with Gasteiger partial charge in [-0.3, -0.25) is 4.79 Å². The highest BCUT2D eigenvalue weighted by molar-refractivity contribution is 7.96. The summed E-state index contributed by atoms with van der Waals surface area (Å²) in [5.74, 6) is 0. The van der Waals surface area contributed by atoms with Crippen molar-refractivity contribution >= 4 is 40.9 Å². The summed E-state index contributed by atoms with van der Waals surface area (Å²) in [7, 11) is 0. The molecule has 0 aliphatic rings. The van der Waals surface area contributed by atoms with E-state index in [2.05, 4.69) is 12.6 Å². The normalized spacial score (nSPS) is 11.5. The number of hydrogen-bond acceptors (Lipinski definition) is 1. The average Bonchev–Trinajstić information content (AvgIpc) is 1.21. The number of alkyl halides is 3. The maximum Gasteiger partial charge on any atom is 0.265 e. The number of halogens is 3. The molecule has 0 spiro atoms. The third kappa shape index (κ3) is 6.53. The van der Waals surface area contributed by atoms with Crippen molar-refractivity contribution in [2.75, 3.05) is 0 Å². The number of carbonyl (C=O) groups excluding carboxylic acids is 1. The van der Waals surface area contributed by atoms with Crippen molar-refractivity contribution in [2.45, 2.75) is 11.0 Å². The summed E-state index contributed by atoms with van der Waals surface area (Å²) in [6, 6.07) is 0. The van der Waals surface area contributed by atoms with Gasteiger partial charge in [0.25, 0.3) is 4.59 Å². The van der Waals surface area contributed by atoms with Crippen molar-refractivity contribution in [3.05, 3.63) is 0 Å². The molecule has 0 unspecified atom stereocenters. The molecule has 48 valence electrons. The lowest BCUT2D eigenvalue weighted by molar-refractivity contribution is -0.111. The van der Waals surface area contributed by atoms with E-state index in [4.69, 9.17) is 23.2 Å². The predicted molar refractivity (Wildman–Crippen MR) is 34.2 cm³/mol. The quantitative estimate of drug-likeness (QED) is 0.503. The Morgan fingerprint density at radius 1 is 1.75 bits per heavy atom. The van der Waals surface area contributed by atoms with Crippen LogP contribution in [0.1, 0.15) is 6.42 Å². The Morgan fingerprint density at radius 3 is 2.12 bits per heavy atom. The van der Waals surface area contributed by atoms with E-state index >= 15 is 0 Å². The highest BCUT2D eigenvalue weighted by atomic mass is 35.5. The summed E-state index contributed by atoms with van der Waals surface area (Å²) in [6.07, 6.45) is -0.584. The van der Waals surface area contributed by atoms with Gasteiger partial charge >= 0.3 is 0 Å². The van der Waals surface area contributed by atoms with Gasteiger partial charge < -0.3 is 0 Å². The second kappa shape index (κ2) is 2.90. The molecular formula is C3H3Cl2FOS. The van der Waals surface area contributed by atoms with Crippen LogP contribution in [-0.2, 0) is 4.79 Å². The minimum atomic E-state index is -2.46. The Balaban J connectivity index is 3.55. The van der Waals surface area contributed by atoms with Crippen molar-refractivity contribution in [1.29, 1.82) is 0 Å². The van der Waals surface area contributed by atoms with Crippen molar-refractivity contribution in [1.82, 2.24) is 0 Å². The number of hydrogen-bond donors (Lipinski definition) is 1. The molecular weight excluding hydrogens is 174 g/mol. The van der Waals surface area contributed by atoms with Crippen LogP contribution in [0, 0.1) is 0 Å². The van der Waals surface area contributed by atoms with Crippen LogP contribution in [0.4, 0.5) is 4.39 Å². The molecule has 5 heteroatoms. The van der Waals surface area contributed by atoms with Gasteiger partial charge in [0.2, 0.25) is 0 Å². The van der Waals surface area contributed by atoms with Gasteiger partial charge in [0.1, 0.15) is 0 Å². The standard InChI is InChI=1S/C3H3Cl2FOS/c4-3(5,6)1-2(7)8/h1H2,(H,7,8). The first kappa shape index (κ1) is 8.53. The summed E-state index contributed by atoms with van der Waals surface area (Å²) in [5.41, 5.74) is 0. The maximum absolute atomic E-state index is 11.9. The lowest BCUT2D eigenvalue weighted by Crippen LogP contribution is -2.07. The second-order valence-electron chi connectivity index (χ2n) is 1.19. The summed E-state index contributed by atoms with van der Waals surface area (Å²) < 4.78 is 9.44. The van der Waals surface area contributed by atoms with Gasteiger partial charge in [-0.2, -0.15) is 0 Å². The van der Waals surface area contributed by atoms with Gasteiger partial charge in [-0.25, -0.2) is 4.39 Å². The molecule has 1 nitrogen and oxygen atoms in total. The molecule has 0 radical (unpaired) electrons. The fourth-order valence-corrected chi connectivity index (χ4v) is 0.818. The summed E-state index contributed by atoms with van der Waals surface area (Å²) in [5, 5.41) is -0.669. The van der Waals surface area contributed by atoms with Crippen LogP contribution >= 0.6 is 35.8 Å². The Labute approximate surface area is 61.6 Å². The molecule has 0 saturated carbocycles. The van der Waals surface area contributed by atoms with Gasteiger partial charge in [0.05, 0.1) is 6.42 Å². The van der Waals surface area contributed by atoms with Crippen LogP contribution in [0.5, 0.6) is 0 Å². The van der Waals surface area contributed by atoms with Crippen molar-refractivity contribution in [2.24, 2.45) is 0 Å². The Hall–Kier alpha value is 0.530. The molecule has 0 heterocycles. The van der Waals surface area contributed by atoms with Gasteiger partial charge in [0.15, 0.2) is 5.12 Å². The van der Waals surface area contributed by atoms with E-state index in [9.17, 15) is 9.18 Å². The molecule has 0 saturated heterocycles. The Bertz CT molecular complexity index is 99.9. The summed E-state index contributed by atoms with van der Waals surface area (Å²) in [6.45, 7) is 0. The van der Waals surface area contributed by atoms with Gasteiger partial charge in [-0.15, -0.1) is 12.6 Å². The van der Waals surface area contributed by atoms with Crippen LogP contribution in [0.15, 0.2) is 0 Å². The number of thiol groups is 1. The van der Waals surface area contributed by atoms with Crippen LogP contribution in [0.25, 0.3) is 0 Å². The van der Waals surface area contributed by atoms with Crippen molar-refractivity contribution in [3.63, 3.8) is 0 Å². The Kier molecular flexibility index (Phi) is 3.09. The zero-order valence-electron chi connectivity index (χ0n) is 3.70. The lowest BCUT2D eigenvalue weighted by Gasteiger charge is -2.02. The fourth-order valence-electron chi connectivity index (χ4n) is 0.171. The maximum atomic E-state index is 11.9. The zero-order chi connectivity index (χ0) is 6.78. The van der Waals surface area contributed by atoms with Gasteiger partial charge in [0, 0.05) is 0 Å². The summed E-state index contributed by atoms with van der Waals surface area (Å²) >= 11 is 12.8. The molecule has 0 atom stereocenters. The van der Waals surface area contributed by atoms with Crippen LogP contribution < -0.4 is 0 Å². The molecule has 0 rings (SSSR count). The first-order chi connectivity index (χ1) is 3.42. The summed E-state index contributed by atoms with van der Waals surface area (Å²) in [4.78, 5) is 9.91. The number of carbonyl (C=O) groups is 1. The van der Waals surface area contributed by atoms with Crippen LogP contribution in [0.2, 0.25) is 0 Å². The zero-order valence-corrected chi connectivity index (χ0v) is 6.10. The molecule has 0 bridgehead atoms. The van der Waals surface area contributed by atoms with Gasteiger partial charge in [-0.1, -0.05) is 23.2 Å². The predicted octanol–water partition coefficient (Wildman–Crippen LogP) is 1.93. The van der Waals surface area contributed by atoms with E-state index < -0.39 is 16.1 Å². The largest absolute Gasteiger partial charge is 0.287 e. The third-order valence-electron chi connectivity index (χ3n) is 0.352. The van der Waals surface area contributed by atoms with E-state index in [1.54, 1.807) is 0 Å². The monoisotopic (exact) mass is 176 g/mol. The molecule has 0 aliphatic heterocycles. The first-order valence-corrected chi connectivity index (χ1v) is 2.90. The third-order valence-corrected chi connectivity index (χ3v) is 0.777. The highest BCUT2D eigenvalue weighted by Gasteiger charge is 2.24. The fraction of sp³-hybridized carbons (Fsp3) is 0.667. The Morgan fingerprint density at radius 2 is 2.12 bits per heavy atom. The molecule has 0 amide bonds. The number of rotatable bonds is 2. The van der Waals surface area contributed by atoms with E-state index in [0.29, 0.717) is 0 Å². The second-order valence-corrected chi connectivity index (χ2v) is 3.08. The van der Waals surface area contributed by atoms with E-state index in [-0.39, 0.29) is 0 Å². The van der Waals surface area contributed by atoms with Crippen molar-refractivity contribution < 1.29 is 9.18 Å². The first-order valence-electron chi connectivity index (χ1n) is 1.70. The molecule has 0 aromatic heterocycles. The van der Waals surface area contributed by atoms with Crippen molar-refractivity contribution in [3.8, 4) is 0 Å². The topological polar surface area (TPSA) is 17.1 Å².